The summed E-state index contributed by atoms with van der Waals surface area (Å²) in [6.07, 6.45) is 5.80. The molecule has 0 saturated carbocycles. The molecule has 0 aromatic rings. The lowest BCUT2D eigenvalue weighted by molar-refractivity contribution is -0.109. The predicted octanol–water partition coefficient (Wildman–Crippen LogP) is 0.512. The van der Waals surface area contributed by atoms with Gasteiger partial charge in [-0.05, 0) is 44.7 Å². The van der Waals surface area contributed by atoms with E-state index in [2.05, 4.69) is 10.6 Å². The summed E-state index contributed by atoms with van der Waals surface area (Å²) in [6.45, 7) is 3.18. The van der Waals surface area contributed by atoms with Crippen molar-refractivity contribution in [3.8, 4) is 0 Å². The summed E-state index contributed by atoms with van der Waals surface area (Å²) < 4.78 is 0. The fourth-order valence-electron chi connectivity index (χ4n) is 1.72. The quantitative estimate of drug-likeness (QED) is 0.466. The van der Waals surface area contributed by atoms with E-state index in [0.29, 0.717) is 0 Å². The van der Waals surface area contributed by atoms with Gasteiger partial charge < -0.3 is 10.6 Å². The Morgan fingerprint density at radius 3 is 3.17 bits per heavy atom. The van der Waals surface area contributed by atoms with Crippen molar-refractivity contribution in [1.82, 2.24) is 10.6 Å². The Labute approximate surface area is 73.9 Å². The molecule has 0 spiro atoms. The standard InChI is InChI=1S/C9H18N2O/c12-8-11-6-2-4-9-3-1-5-10-7-9/h8-10H,1-7H2,(H,11,12). The van der Waals surface area contributed by atoms with Gasteiger partial charge in [0, 0.05) is 6.54 Å². The molecule has 0 aliphatic carbocycles. The van der Waals surface area contributed by atoms with Gasteiger partial charge in [0.1, 0.15) is 0 Å². The minimum atomic E-state index is 0.777. The lowest BCUT2D eigenvalue weighted by Crippen LogP contribution is -2.30. The third-order valence-electron chi connectivity index (χ3n) is 2.42. The van der Waals surface area contributed by atoms with Crippen molar-refractivity contribution < 1.29 is 4.79 Å². The molecular weight excluding hydrogens is 152 g/mol. The fraction of sp³-hybridized carbons (Fsp3) is 0.889. The average Bonchev–Trinajstić information content (AvgIpc) is 2.14. The van der Waals surface area contributed by atoms with E-state index in [4.69, 9.17) is 0 Å². The van der Waals surface area contributed by atoms with E-state index in [-0.39, 0.29) is 0 Å². The lowest BCUT2D eigenvalue weighted by atomic mass is 9.95. The molecule has 12 heavy (non-hydrogen) atoms. The van der Waals surface area contributed by atoms with Crippen LogP contribution in [0.5, 0.6) is 0 Å². The van der Waals surface area contributed by atoms with Gasteiger partial charge in [-0.25, -0.2) is 0 Å². The van der Waals surface area contributed by atoms with Gasteiger partial charge in [-0.15, -0.1) is 0 Å². The Kier molecular flexibility index (Phi) is 4.76. The van der Waals surface area contributed by atoms with Crippen LogP contribution >= 0.6 is 0 Å². The van der Waals surface area contributed by atoms with Crippen molar-refractivity contribution in [3.63, 3.8) is 0 Å². The summed E-state index contributed by atoms with van der Waals surface area (Å²) in [5.41, 5.74) is 0. The molecule has 0 radical (unpaired) electrons. The first-order valence-corrected chi connectivity index (χ1v) is 4.81. The summed E-state index contributed by atoms with van der Waals surface area (Å²) in [4.78, 5) is 9.93. The Balaban J connectivity index is 1.94. The molecule has 1 atom stereocenters. The predicted molar refractivity (Wildman–Crippen MR) is 48.9 cm³/mol. The van der Waals surface area contributed by atoms with Crippen LogP contribution in [0.15, 0.2) is 0 Å². The second kappa shape index (κ2) is 6.00. The molecule has 1 rings (SSSR count). The molecule has 0 aromatic carbocycles. The smallest absolute Gasteiger partial charge is 0.207 e. The molecule has 0 bridgehead atoms. The first-order valence-electron chi connectivity index (χ1n) is 4.81. The molecule has 3 nitrogen and oxygen atoms in total. The van der Waals surface area contributed by atoms with E-state index >= 15 is 0 Å². The summed E-state index contributed by atoms with van der Waals surface area (Å²) in [7, 11) is 0. The minimum Gasteiger partial charge on any atom is -0.359 e. The lowest BCUT2D eigenvalue weighted by Gasteiger charge is -2.22. The highest BCUT2D eigenvalue weighted by Gasteiger charge is 2.11. The van der Waals surface area contributed by atoms with E-state index in [1.807, 2.05) is 0 Å². The van der Waals surface area contributed by atoms with Crippen molar-refractivity contribution in [3.05, 3.63) is 0 Å². The van der Waals surface area contributed by atoms with E-state index in [0.717, 1.165) is 25.3 Å². The van der Waals surface area contributed by atoms with Crippen molar-refractivity contribution in [2.24, 2.45) is 5.92 Å². The number of carbonyl (C=O) groups is 1. The summed E-state index contributed by atoms with van der Waals surface area (Å²) in [5.74, 6) is 0.840. The minimum absolute atomic E-state index is 0.777. The van der Waals surface area contributed by atoms with Crippen LogP contribution in [-0.4, -0.2) is 26.0 Å². The average molecular weight is 170 g/mol. The van der Waals surface area contributed by atoms with E-state index in [9.17, 15) is 4.79 Å². The zero-order chi connectivity index (χ0) is 8.65. The number of piperidine rings is 1. The summed E-state index contributed by atoms with van der Waals surface area (Å²) in [5, 5.41) is 6.07. The third-order valence-corrected chi connectivity index (χ3v) is 2.42. The first-order chi connectivity index (χ1) is 5.93. The number of nitrogens with one attached hydrogen (secondary N) is 2. The van der Waals surface area contributed by atoms with Crippen LogP contribution in [0.2, 0.25) is 0 Å². The molecule has 1 aliphatic rings. The molecule has 1 unspecified atom stereocenters. The molecule has 2 N–H and O–H groups in total. The molecule has 1 aliphatic heterocycles. The maximum atomic E-state index is 9.93. The highest BCUT2D eigenvalue weighted by atomic mass is 16.1. The Morgan fingerprint density at radius 1 is 1.58 bits per heavy atom. The maximum absolute atomic E-state index is 9.93. The van der Waals surface area contributed by atoms with Gasteiger partial charge in [-0.2, -0.15) is 0 Å². The van der Waals surface area contributed by atoms with Crippen molar-refractivity contribution in [2.45, 2.75) is 25.7 Å². The highest BCUT2D eigenvalue weighted by molar-refractivity contribution is 5.45. The molecule has 3 heteroatoms. The molecule has 1 saturated heterocycles. The van der Waals surface area contributed by atoms with Gasteiger partial charge in [0.2, 0.25) is 6.41 Å². The van der Waals surface area contributed by atoms with Crippen LogP contribution in [0.3, 0.4) is 0 Å². The number of amides is 1. The molecule has 1 fully saturated rings. The number of rotatable bonds is 5. The summed E-state index contributed by atoms with van der Waals surface area (Å²) in [6, 6.07) is 0. The molecule has 1 heterocycles. The van der Waals surface area contributed by atoms with Gasteiger partial charge in [0.25, 0.3) is 0 Å². The maximum Gasteiger partial charge on any atom is 0.207 e. The van der Waals surface area contributed by atoms with E-state index in [1.54, 1.807) is 0 Å². The number of hydrogen-bond acceptors (Lipinski definition) is 2. The van der Waals surface area contributed by atoms with Crippen LogP contribution in [0, 0.1) is 5.92 Å². The SMILES string of the molecule is O=CNCCCC1CCCNC1. The van der Waals surface area contributed by atoms with Crippen LogP contribution in [0.4, 0.5) is 0 Å². The van der Waals surface area contributed by atoms with E-state index < -0.39 is 0 Å². The van der Waals surface area contributed by atoms with Crippen molar-refractivity contribution in [1.29, 1.82) is 0 Å². The zero-order valence-corrected chi connectivity index (χ0v) is 7.51. The second-order valence-electron chi connectivity index (χ2n) is 3.43. The van der Waals surface area contributed by atoms with Crippen LogP contribution in [0.25, 0.3) is 0 Å². The normalized spacial score (nSPS) is 23.5. The zero-order valence-electron chi connectivity index (χ0n) is 7.51. The second-order valence-corrected chi connectivity index (χ2v) is 3.43. The van der Waals surface area contributed by atoms with Gasteiger partial charge in [0.15, 0.2) is 0 Å². The van der Waals surface area contributed by atoms with Gasteiger partial charge in [0.05, 0.1) is 0 Å². The topological polar surface area (TPSA) is 41.1 Å². The molecule has 1 amide bonds. The Bertz CT molecular complexity index is 122. The van der Waals surface area contributed by atoms with Crippen LogP contribution in [-0.2, 0) is 4.79 Å². The fourth-order valence-corrected chi connectivity index (χ4v) is 1.72. The van der Waals surface area contributed by atoms with E-state index in [1.165, 1.54) is 32.4 Å². The van der Waals surface area contributed by atoms with Gasteiger partial charge >= 0.3 is 0 Å². The first kappa shape index (κ1) is 9.52. The van der Waals surface area contributed by atoms with Crippen molar-refractivity contribution in [2.75, 3.05) is 19.6 Å². The van der Waals surface area contributed by atoms with Crippen LogP contribution < -0.4 is 10.6 Å². The monoisotopic (exact) mass is 170 g/mol. The van der Waals surface area contributed by atoms with Crippen LogP contribution in [0.1, 0.15) is 25.7 Å². The molecular formula is C9H18N2O. The Hall–Kier alpha value is -0.570. The largest absolute Gasteiger partial charge is 0.359 e. The molecule has 70 valence electrons. The van der Waals surface area contributed by atoms with Crippen molar-refractivity contribution >= 4 is 6.41 Å². The molecule has 0 aromatic heterocycles. The summed E-state index contributed by atoms with van der Waals surface area (Å²) >= 11 is 0. The third kappa shape index (κ3) is 3.72. The number of hydrogen-bond donors (Lipinski definition) is 2. The van der Waals surface area contributed by atoms with Gasteiger partial charge in [-0.1, -0.05) is 0 Å². The Morgan fingerprint density at radius 2 is 2.50 bits per heavy atom. The number of carbonyl (C=O) groups excluding carboxylic acids is 1. The highest BCUT2D eigenvalue weighted by Crippen LogP contribution is 2.14. The van der Waals surface area contributed by atoms with Gasteiger partial charge in [-0.3, -0.25) is 4.79 Å².